The van der Waals surface area contributed by atoms with Gasteiger partial charge in [-0.3, -0.25) is 4.90 Å². The summed E-state index contributed by atoms with van der Waals surface area (Å²) in [5.74, 6) is 1.61. The molecule has 0 spiro atoms. The van der Waals surface area contributed by atoms with E-state index in [2.05, 4.69) is 45.1 Å². The molecule has 0 heterocycles. The van der Waals surface area contributed by atoms with Crippen molar-refractivity contribution in [3.05, 3.63) is 0 Å². The topological polar surface area (TPSA) is 24.5 Å². The van der Waals surface area contributed by atoms with Crippen LogP contribution in [0.1, 0.15) is 33.6 Å². The van der Waals surface area contributed by atoms with Crippen LogP contribution >= 0.6 is 0 Å². The molecule has 0 saturated heterocycles. The highest BCUT2D eigenvalue weighted by Crippen LogP contribution is 2.31. The molecule has 0 radical (unpaired) electrons. The summed E-state index contributed by atoms with van der Waals surface area (Å²) in [5, 5.41) is 3.50. The van der Waals surface area contributed by atoms with Gasteiger partial charge in [-0.2, -0.15) is 0 Å². The van der Waals surface area contributed by atoms with Crippen LogP contribution < -0.4 is 5.32 Å². The fraction of sp³-hybridized carbons (Fsp3) is 1.00. The Morgan fingerprint density at radius 1 is 1.29 bits per heavy atom. The highest BCUT2D eigenvalue weighted by atomic mass is 16.5. The summed E-state index contributed by atoms with van der Waals surface area (Å²) in [5.41, 5.74) is 0. The van der Waals surface area contributed by atoms with E-state index in [1.54, 1.807) is 0 Å². The normalized spacial score (nSPS) is 34.2. The van der Waals surface area contributed by atoms with E-state index in [1.165, 1.54) is 12.8 Å². The van der Waals surface area contributed by atoms with Crippen LogP contribution in [-0.4, -0.2) is 50.8 Å². The van der Waals surface area contributed by atoms with E-state index in [-0.39, 0.29) is 0 Å². The van der Waals surface area contributed by atoms with Crippen molar-refractivity contribution < 1.29 is 4.74 Å². The van der Waals surface area contributed by atoms with E-state index < -0.39 is 0 Å². The standard InChI is InChI=1S/C14H30N2O/c1-6-17-8-7-16(5)14-12(3)9-11(2)10-13(14)15-4/h11-15H,6-10H2,1-5H3. The maximum absolute atomic E-state index is 5.46. The highest BCUT2D eigenvalue weighted by molar-refractivity contribution is 4.92. The summed E-state index contributed by atoms with van der Waals surface area (Å²) in [7, 11) is 4.33. The number of hydrogen-bond donors (Lipinski definition) is 1. The average Bonchev–Trinajstić information content (AvgIpc) is 2.27. The van der Waals surface area contributed by atoms with Gasteiger partial charge in [0.1, 0.15) is 0 Å². The van der Waals surface area contributed by atoms with E-state index in [1.807, 2.05) is 0 Å². The third-order valence-electron chi connectivity index (χ3n) is 4.10. The molecule has 1 N–H and O–H groups in total. The van der Waals surface area contributed by atoms with E-state index in [9.17, 15) is 0 Å². The fourth-order valence-corrected chi connectivity index (χ4v) is 3.37. The van der Waals surface area contributed by atoms with Crippen molar-refractivity contribution in [1.82, 2.24) is 10.2 Å². The maximum Gasteiger partial charge on any atom is 0.0593 e. The molecule has 0 aromatic heterocycles. The molecular formula is C14H30N2O. The van der Waals surface area contributed by atoms with E-state index >= 15 is 0 Å². The Morgan fingerprint density at radius 3 is 2.59 bits per heavy atom. The highest BCUT2D eigenvalue weighted by Gasteiger charge is 2.35. The van der Waals surface area contributed by atoms with Crippen molar-refractivity contribution in [2.75, 3.05) is 33.9 Å². The molecular weight excluding hydrogens is 212 g/mol. The Labute approximate surface area is 107 Å². The van der Waals surface area contributed by atoms with Gasteiger partial charge in [0, 0.05) is 25.2 Å². The molecule has 1 rings (SSSR count). The van der Waals surface area contributed by atoms with Crippen molar-refractivity contribution in [3.8, 4) is 0 Å². The molecule has 4 unspecified atom stereocenters. The summed E-state index contributed by atoms with van der Waals surface area (Å²) in [6, 6.07) is 1.28. The Hall–Kier alpha value is -0.120. The van der Waals surface area contributed by atoms with Crippen LogP contribution in [-0.2, 0) is 4.74 Å². The van der Waals surface area contributed by atoms with Gasteiger partial charge in [-0.15, -0.1) is 0 Å². The molecule has 0 aromatic carbocycles. The quantitative estimate of drug-likeness (QED) is 0.721. The average molecular weight is 242 g/mol. The third-order valence-corrected chi connectivity index (χ3v) is 4.10. The molecule has 4 atom stereocenters. The van der Waals surface area contributed by atoms with Gasteiger partial charge < -0.3 is 10.1 Å². The second-order valence-corrected chi connectivity index (χ2v) is 5.62. The van der Waals surface area contributed by atoms with Crippen molar-refractivity contribution in [3.63, 3.8) is 0 Å². The van der Waals surface area contributed by atoms with Crippen LogP contribution in [0.2, 0.25) is 0 Å². The number of likely N-dealkylation sites (N-methyl/N-ethyl adjacent to an activating group) is 2. The Kier molecular flexibility index (Phi) is 6.45. The summed E-state index contributed by atoms with van der Waals surface area (Å²) < 4.78 is 5.46. The van der Waals surface area contributed by atoms with Crippen molar-refractivity contribution in [1.29, 1.82) is 0 Å². The molecule has 1 aliphatic rings. The van der Waals surface area contributed by atoms with Crippen molar-refractivity contribution >= 4 is 0 Å². The summed E-state index contributed by atoms with van der Waals surface area (Å²) in [6.45, 7) is 9.53. The molecule has 3 nitrogen and oxygen atoms in total. The second-order valence-electron chi connectivity index (χ2n) is 5.62. The van der Waals surface area contributed by atoms with Crippen molar-refractivity contribution in [2.24, 2.45) is 11.8 Å². The summed E-state index contributed by atoms with van der Waals surface area (Å²) >= 11 is 0. The molecule has 0 amide bonds. The lowest BCUT2D eigenvalue weighted by atomic mass is 9.76. The number of rotatable bonds is 6. The predicted molar refractivity (Wildman–Crippen MR) is 73.3 cm³/mol. The molecule has 0 aromatic rings. The van der Waals surface area contributed by atoms with Crippen LogP contribution in [0.15, 0.2) is 0 Å². The van der Waals surface area contributed by atoms with E-state index in [4.69, 9.17) is 4.74 Å². The first-order chi connectivity index (χ1) is 8.10. The van der Waals surface area contributed by atoms with Crippen LogP contribution in [0.25, 0.3) is 0 Å². The number of hydrogen-bond acceptors (Lipinski definition) is 3. The molecule has 1 fully saturated rings. The largest absolute Gasteiger partial charge is 0.380 e. The summed E-state index contributed by atoms with van der Waals surface area (Å²) in [4.78, 5) is 2.48. The van der Waals surface area contributed by atoms with Crippen LogP contribution in [0.5, 0.6) is 0 Å². The van der Waals surface area contributed by atoms with Crippen LogP contribution in [0, 0.1) is 11.8 Å². The second kappa shape index (κ2) is 7.34. The van der Waals surface area contributed by atoms with Crippen molar-refractivity contribution in [2.45, 2.75) is 45.7 Å². The predicted octanol–water partition coefficient (Wildman–Crippen LogP) is 1.98. The smallest absolute Gasteiger partial charge is 0.0593 e. The van der Waals surface area contributed by atoms with E-state index in [0.29, 0.717) is 12.1 Å². The zero-order chi connectivity index (χ0) is 12.8. The van der Waals surface area contributed by atoms with Gasteiger partial charge in [-0.1, -0.05) is 13.8 Å². The number of nitrogens with one attached hydrogen (secondary N) is 1. The van der Waals surface area contributed by atoms with Gasteiger partial charge in [0.2, 0.25) is 0 Å². The lowest BCUT2D eigenvalue weighted by molar-refractivity contribution is 0.0525. The first kappa shape index (κ1) is 14.9. The zero-order valence-corrected chi connectivity index (χ0v) is 12.2. The zero-order valence-electron chi connectivity index (χ0n) is 12.2. The van der Waals surface area contributed by atoms with Gasteiger partial charge in [0.05, 0.1) is 6.61 Å². The molecule has 0 bridgehead atoms. The van der Waals surface area contributed by atoms with Crippen LogP contribution in [0.3, 0.4) is 0 Å². The Bertz CT molecular complexity index is 210. The lowest BCUT2D eigenvalue weighted by Crippen LogP contribution is -2.55. The Morgan fingerprint density at radius 2 is 2.00 bits per heavy atom. The minimum Gasteiger partial charge on any atom is -0.380 e. The van der Waals surface area contributed by atoms with Gasteiger partial charge >= 0.3 is 0 Å². The van der Waals surface area contributed by atoms with Crippen LogP contribution in [0.4, 0.5) is 0 Å². The first-order valence-corrected chi connectivity index (χ1v) is 7.05. The third kappa shape index (κ3) is 4.23. The monoisotopic (exact) mass is 242 g/mol. The molecule has 3 heteroatoms. The lowest BCUT2D eigenvalue weighted by Gasteiger charge is -2.44. The number of ether oxygens (including phenoxy) is 1. The Balaban J connectivity index is 2.52. The summed E-state index contributed by atoms with van der Waals surface area (Å²) in [6.07, 6.45) is 2.65. The first-order valence-electron chi connectivity index (χ1n) is 7.05. The molecule has 0 aliphatic heterocycles. The molecule has 17 heavy (non-hydrogen) atoms. The van der Waals surface area contributed by atoms with Gasteiger partial charge in [-0.05, 0) is 45.7 Å². The SMILES string of the molecule is CCOCCN(C)C1C(C)CC(C)CC1NC. The molecule has 102 valence electrons. The van der Waals surface area contributed by atoms with Gasteiger partial charge in [0.25, 0.3) is 0 Å². The minimum absolute atomic E-state index is 0.625. The maximum atomic E-state index is 5.46. The number of nitrogens with zero attached hydrogens (tertiary/aromatic N) is 1. The fourth-order valence-electron chi connectivity index (χ4n) is 3.37. The molecule has 1 saturated carbocycles. The van der Waals surface area contributed by atoms with E-state index in [0.717, 1.165) is 31.6 Å². The minimum atomic E-state index is 0.625. The molecule has 1 aliphatic carbocycles. The van der Waals surface area contributed by atoms with Gasteiger partial charge in [-0.25, -0.2) is 0 Å². The van der Waals surface area contributed by atoms with Gasteiger partial charge in [0.15, 0.2) is 0 Å².